The number of amides is 1. The third-order valence-electron chi connectivity index (χ3n) is 3.96. The molecule has 0 unspecified atom stereocenters. The average Bonchev–Trinajstić information content (AvgIpc) is 3.02. The summed E-state index contributed by atoms with van der Waals surface area (Å²) in [5.74, 6) is -2.67. The number of benzene rings is 2. The Bertz CT molecular complexity index is 923. The van der Waals surface area contributed by atoms with E-state index in [1.54, 1.807) is 5.38 Å². The van der Waals surface area contributed by atoms with Crippen LogP contribution in [0.5, 0.6) is 0 Å². The number of hydrogen-bond donors (Lipinski definition) is 1. The minimum absolute atomic E-state index is 0.0591. The van der Waals surface area contributed by atoms with E-state index in [-0.39, 0.29) is 10.5 Å². The summed E-state index contributed by atoms with van der Waals surface area (Å²) in [4.78, 5) is 16.5. The second-order valence-corrected chi connectivity index (χ2v) is 7.77. The molecular weight excluding hydrogens is 354 g/mol. The van der Waals surface area contributed by atoms with Gasteiger partial charge in [0.25, 0.3) is 5.91 Å². The zero-order valence-electron chi connectivity index (χ0n) is 14.6. The number of carbonyl (C=O) groups is 1. The third kappa shape index (κ3) is 3.80. The quantitative estimate of drug-likeness (QED) is 0.647. The van der Waals surface area contributed by atoms with Gasteiger partial charge in [0.2, 0.25) is 0 Å². The highest BCUT2D eigenvalue weighted by Gasteiger charge is 2.18. The SMILES string of the molecule is CC(C)(C)c1ccc(-c2csc(NC(=O)c3c(F)cccc3F)n2)cc1. The van der Waals surface area contributed by atoms with Crippen LogP contribution in [0.15, 0.2) is 47.8 Å². The largest absolute Gasteiger partial charge is 0.298 e. The van der Waals surface area contributed by atoms with E-state index in [0.29, 0.717) is 5.69 Å². The Morgan fingerprint density at radius 3 is 2.23 bits per heavy atom. The first-order valence-electron chi connectivity index (χ1n) is 8.07. The molecule has 3 aromatic rings. The van der Waals surface area contributed by atoms with Gasteiger partial charge in [-0.2, -0.15) is 0 Å². The Morgan fingerprint density at radius 1 is 1.04 bits per heavy atom. The molecule has 0 spiro atoms. The Kier molecular flexibility index (Phi) is 4.87. The Labute approximate surface area is 154 Å². The summed E-state index contributed by atoms with van der Waals surface area (Å²) in [5.41, 5.74) is 2.26. The van der Waals surface area contributed by atoms with Gasteiger partial charge in [-0.15, -0.1) is 11.3 Å². The van der Waals surface area contributed by atoms with Crippen molar-refractivity contribution < 1.29 is 13.6 Å². The molecule has 0 saturated heterocycles. The lowest BCUT2D eigenvalue weighted by atomic mass is 9.86. The van der Waals surface area contributed by atoms with Crippen LogP contribution in [0.4, 0.5) is 13.9 Å². The molecule has 0 aliphatic carbocycles. The number of aromatic nitrogens is 1. The molecule has 3 nitrogen and oxygen atoms in total. The molecule has 0 saturated carbocycles. The van der Waals surface area contributed by atoms with E-state index in [0.717, 1.165) is 17.7 Å². The predicted octanol–water partition coefficient (Wildman–Crippen LogP) is 5.64. The first kappa shape index (κ1) is 18.2. The summed E-state index contributed by atoms with van der Waals surface area (Å²) < 4.78 is 27.4. The van der Waals surface area contributed by atoms with Gasteiger partial charge >= 0.3 is 0 Å². The molecule has 2 aromatic carbocycles. The molecule has 1 aromatic heterocycles. The number of nitrogens with one attached hydrogen (secondary N) is 1. The fourth-order valence-corrected chi connectivity index (χ4v) is 3.19. The van der Waals surface area contributed by atoms with Crippen LogP contribution in [0.2, 0.25) is 0 Å². The molecule has 0 radical (unpaired) electrons. The molecule has 3 rings (SSSR count). The van der Waals surface area contributed by atoms with Crippen molar-refractivity contribution >= 4 is 22.4 Å². The second-order valence-electron chi connectivity index (χ2n) is 6.92. The first-order valence-corrected chi connectivity index (χ1v) is 8.95. The van der Waals surface area contributed by atoms with Crippen molar-refractivity contribution in [1.82, 2.24) is 4.98 Å². The van der Waals surface area contributed by atoms with Gasteiger partial charge in [-0.25, -0.2) is 13.8 Å². The number of hydrogen-bond acceptors (Lipinski definition) is 3. The number of nitrogens with zero attached hydrogens (tertiary/aromatic N) is 1. The molecule has 1 amide bonds. The van der Waals surface area contributed by atoms with Gasteiger partial charge in [0.1, 0.15) is 17.2 Å². The fraction of sp³-hybridized carbons (Fsp3) is 0.200. The summed E-state index contributed by atoms with van der Waals surface area (Å²) in [6, 6.07) is 11.3. The molecule has 6 heteroatoms. The van der Waals surface area contributed by atoms with E-state index < -0.39 is 23.1 Å². The van der Waals surface area contributed by atoms with Gasteiger partial charge in [0, 0.05) is 10.9 Å². The van der Waals surface area contributed by atoms with Gasteiger partial charge < -0.3 is 0 Å². The Hall–Kier alpha value is -2.60. The minimum Gasteiger partial charge on any atom is -0.298 e. The molecule has 1 heterocycles. The van der Waals surface area contributed by atoms with E-state index in [9.17, 15) is 13.6 Å². The third-order valence-corrected chi connectivity index (χ3v) is 4.72. The van der Waals surface area contributed by atoms with Crippen LogP contribution in [0.3, 0.4) is 0 Å². The minimum atomic E-state index is -0.906. The van der Waals surface area contributed by atoms with E-state index in [1.807, 2.05) is 24.3 Å². The zero-order chi connectivity index (χ0) is 18.9. The molecule has 0 bridgehead atoms. The Morgan fingerprint density at radius 2 is 1.65 bits per heavy atom. The molecule has 0 atom stereocenters. The standard InChI is InChI=1S/C20H18F2N2OS/c1-20(2,3)13-9-7-12(8-10-13)16-11-26-19(23-16)24-18(25)17-14(21)5-4-6-15(17)22/h4-11H,1-3H3,(H,23,24,25). The normalized spacial score (nSPS) is 11.4. The zero-order valence-corrected chi connectivity index (χ0v) is 15.5. The van der Waals surface area contributed by atoms with Gasteiger partial charge in [-0.3, -0.25) is 10.1 Å². The monoisotopic (exact) mass is 372 g/mol. The predicted molar refractivity (Wildman–Crippen MR) is 101 cm³/mol. The van der Waals surface area contributed by atoms with Crippen molar-refractivity contribution in [1.29, 1.82) is 0 Å². The van der Waals surface area contributed by atoms with Crippen LogP contribution in [0.1, 0.15) is 36.7 Å². The maximum Gasteiger partial charge on any atom is 0.263 e. The van der Waals surface area contributed by atoms with E-state index in [1.165, 1.54) is 23.0 Å². The number of anilines is 1. The highest BCUT2D eigenvalue weighted by molar-refractivity contribution is 7.14. The van der Waals surface area contributed by atoms with E-state index >= 15 is 0 Å². The molecule has 0 aliphatic heterocycles. The van der Waals surface area contributed by atoms with Crippen LogP contribution in [0, 0.1) is 11.6 Å². The molecule has 0 fully saturated rings. The van der Waals surface area contributed by atoms with Gasteiger partial charge in [-0.1, -0.05) is 51.1 Å². The molecule has 134 valence electrons. The van der Waals surface area contributed by atoms with E-state index in [4.69, 9.17) is 0 Å². The van der Waals surface area contributed by atoms with Crippen molar-refractivity contribution in [2.24, 2.45) is 0 Å². The summed E-state index contributed by atoms with van der Waals surface area (Å²) in [7, 11) is 0. The van der Waals surface area contributed by atoms with Crippen LogP contribution in [0.25, 0.3) is 11.3 Å². The van der Waals surface area contributed by atoms with Crippen molar-refractivity contribution in [2.45, 2.75) is 26.2 Å². The topological polar surface area (TPSA) is 42.0 Å². The van der Waals surface area contributed by atoms with Crippen LogP contribution >= 0.6 is 11.3 Å². The fourth-order valence-electron chi connectivity index (χ4n) is 2.48. The summed E-state index contributed by atoms with van der Waals surface area (Å²) >= 11 is 1.20. The molecular formula is C20H18F2N2OS. The summed E-state index contributed by atoms with van der Waals surface area (Å²) in [6.07, 6.45) is 0. The number of rotatable bonds is 3. The van der Waals surface area contributed by atoms with Crippen LogP contribution in [-0.4, -0.2) is 10.9 Å². The highest BCUT2D eigenvalue weighted by atomic mass is 32.1. The van der Waals surface area contributed by atoms with Gasteiger partial charge in [-0.05, 0) is 23.1 Å². The summed E-state index contributed by atoms with van der Waals surface area (Å²) in [6.45, 7) is 6.42. The highest BCUT2D eigenvalue weighted by Crippen LogP contribution is 2.28. The number of thiazole rings is 1. The molecule has 26 heavy (non-hydrogen) atoms. The van der Waals surface area contributed by atoms with Crippen LogP contribution in [-0.2, 0) is 5.41 Å². The molecule has 0 aliphatic rings. The van der Waals surface area contributed by atoms with Crippen molar-refractivity contribution in [2.75, 3.05) is 5.32 Å². The second kappa shape index (κ2) is 6.96. The van der Waals surface area contributed by atoms with Gasteiger partial charge in [0.15, 0.2) is 5.13 Å². The first-order chi connectivity index (χ1) is 12.3. The lowest BCUT2D eigenvalue weighted by Gasteiger charge is -2.18. The summed E-state index contributed by atoms with van der Waals surface area (Å²) in [5, 5.41) is 4.53. The number of halogens is 2. The number of carbonyl (C=O) groups excluding carboxylic acids is 1. The van der Waals surface area contributed by atoms with Crippen molar-refractivity contribution in [3.8, 4) is 11.3 Å². The van der Waals surface area contributed by atoms with Gasteiger partial charge in [0.05, 0.1) is 5.69 Å². The maximum absolute atomic E-state index is 13.7. The smallest absolute Gasteiger partial charge is 0.263 e. The van der Waals surface area contributed by atoms with E-state index in [2.05, 4.69) is 31.1 Å². The lowest BCUT2D eigenvalue weighted by Crippen LogP contribution is -2.15. The lowest BCUT2D eigenvalue weighted by molar-refractivity contribution is 0.101. The Balaban J connectivity index is 1.79. The maximum atomic E-state index is 13.7. The average molecular weight is 372 g/mol. The van der Waals surface area contributed by atoms with Crippen molar-refractivity contribution in [3.05, 3.63) is 70.6 Å². The molecule has 1 N–H and O–H groups in total. The van der Waals surface area contributed by atoms with Crippen molar-refractivity contribution in [3.63, 3.8) is 0 Å². The van der Waals surface area contributed by atoms with Crippen LogP contribution < -0.4 is 5.32 Å².